The fourth-order valence-corrected chi connectivity index (χ4v) is 5.99. The third kappa shape index (κ3) is 4.27. The molecule has 38 heavy (non-hydrogen) atoms. The van der Waals surface area contributed by atoms with Crippen LogP contribution in [0.15, 0.2) is 97.1 Å². The number of rotatable bonds is 0. The maximum absolute atomic E-state index is 2.40. The molecule has 1 aliphatic carbocycles. The van der Waals surface area contributed by atoms with Gasteiger partial charge in [-0.25, -0.2) is 0 Å². The summed E-state index contributed by atoms with van der Waals surface area (Å²) in [5, 5.41) is 10.7. The molecule has 1 aliphatic rings. The van der Waals surface area contributed by atoms with Gasteiger partial charge < -0.3 is 0 Å². The Bertz CT molecular complexity index is 1720. The van der Waals surface area contributed by atoms with E-state index in [1.165, 1.54) is 71.8 Å². The summed E-state index contributed by atoms with van der Waals surface area (Å²) in [6.45, 7) is 17.0. The molecule has 6 aromatic carbocycles. The van der Waals surface area contributed by atoms with Crippen LogP contribution in [-0.4, -0.2) is 0 Å². The highest BCUT2D eigenvalue weighted by atomic mass is 14.4. The van der Waals surface area contributed by atoms with Crippen LogP contribution in [0, 0.1) is 0 Å². The molecule has 0 aromatic heterocycles. The normalized spacial score (nSPS) is 12.5. The number of benzene rings is 6. The van der Waals surface area contributed by atoms with E-state index in [2.05, 4.69) is 125 Å². The lowest BCUT2D eigenvalue weighted by molar-refractivity contribution is 0.667. The first-order valence-electron chi connectivity index (χ1n) is 14.5. The lowest BCUT2D eigenvalue weighted by atomic mass is 9.79. The fraction of sp³-hybridized carbons (Fsp3) is 0.263. The Morgan fingerprint density at radius 2 is 0.947 bits per heavy atom. The lowest BCUT2D eigenvalue weighted by Gasteiger charge is -2.24. The van der Waals surface area contributed by atoms with Crippen molar-refractivity contribution in [2.24, 2.45) is 0 Å². The van der Waals surface area contributed by atoms with Gasteiger partial charge in [0.1, 0.15) is 0 Å². The third-order valence-electron chi connectivity index (χ3n) is 7.37. The minimum atomic E-state index is -0.0475. The van der Waals surface area contributed by atoms with E-state index in [4.69, 9.17) is 0 Å². The predicted octanol–water partition coefficient (Wildman–Crippen LogP) is 12.1. The van der Waals surface area contributed by atoms with Gasteiger partial charge in [0.25, 0.3) is 0 Å². The Labute approximate surface area is 229 Å². The van der Waals surface area contributed by atoms with Crippen molar-refractivity contribution in [2.45, 2.75) is 67.2 Å². The van der Waals surface area contributed by atoms with Crippen LogP contribution in [0.1, 0.15) is 72.9 Å². The molecule has 0 N–H and O–H groups in total. The van der Waals surface area contributed by atoms with E-state index < -0.39 is 0 Å². The number of fused-ring (bicyclic) bond motifs is 11. The molecular weight excluding hydrogens is 456 g/mol. The van der Waals surface area contributed by atoms with Crippen LogP contribution in [-0.2, 0) is 5.41 Å². The van der Waals surface area contributed by atoms with Gasteiger partial charge in [0, 0.05) is 5.41 Å². The van der Waals surface area contributed by atoms with Crippen molar-refractivity contribution in [2.75, 3.05) is 0 Å². The molecule has 0 radical (unpaired) electrons. The molecule has 0 saturated heterocycles. The Kier molecular flexibility index (Phi) is 8.22. The third-order valence-corrected chi connectivity index (χ3v) is 7.37. The molecule has 0 fully saturated rings. The molecule has 6 aromatic rings. The van der Waals surface area contributed by atoms with Crippen LogP contribution in [0.25, 0.3) is 54.2 Å². The van der Waals surface area contributed by atoms with Crippen LogP contribution in [0.4, 0.5) is 0 Å². The molecule has 0 nitrogen and oxygen atoms in total. The van der Waals surface area contributed by atoms with Gasteiger partial charge >= 0.3 is 0 Å². The molecule has 0 heteroatoms. The van der Waals surface area contributed by atoms with Crippen LogP contribution in [0.2, 0.25) is 0 Å². The highest BCUT2D eigenvalue weighted by molar-refractivity contribution is 6.21. The Balaban J connectivity index is 0.000000443. The van der Waals surface area contributed by atoms with Gasteiger partial charge in [-0.3, -0.25) is 0 Å². The zero-order valence-corrected chi connectivity index (χ0v) is 24.4. The Morgan fingerprint density at radius 1 is 0.474 bits per heavy atom. The molecule has 0 amide bonds. The molecule has 0 atom stereocenters. The second-order valence-electron chi connectivity index (χ2n) is 10.1. The van der Waals surface area contributed by atoms with Gasteiger partial charge in [-0.2, -0.15) is 0 Å². The topological polar surface area (TPSA) is 0 Å². The summed E-state index contributed by atoms with van der Waals surface area (Å²) in [5.74, 6) is 0. The van der Waals surface area contributed by atoms with Crippen LogP contribution < -0.4 is 0 Å². The van der Waals surface area contributed by atoms with Crippen LogP contribution >= 0.6 is 0 Å². The van der Waals surface area contributed by atoms with Gasteiger partial charge in [-0.1, -0.05) is 147 Å². The van der Waals surface area contributed by atoms with Gasteiger partial charge in [-0.05, 0) is 77.5 Å². The van der Waals surface area contributed by atoms with Crippen molar-refractivity contribution >= 4 is 43.1 Å². The summed E-state index contributed by atoms with van der Waals surface area (Å²) >= 11 is 0. The van der Waals surface area contributed by atoms with Gasteiger partial charge in [0.15, 0.2) is 0 Å². The van der Waals surface area contributed by atoms with E-state index in [1.807, 2.05) is 27.7 Å². The molecule has 0 saturated carbocycles. The van der Waals surface area contributed by atoms with Crippen molar-refractivity contribution in [3.8, 4) is 11.1 Å². The smallest absolute Gasteiger partial charge is 0.0165 e. The summed E-state index contributed by atoms with van der Waals surface area (Å²) in [7, 11) is 0. The van der Waals surface area contributed by atoms with E-state index in [9.17, 15) is 0 Å². The van der Waals surface area contributed by atoms with E-state index >= 15 is 0 Å². The summed E-state index contributed by atoms with van der Waals surface area (Å²) in [4.78, 5) is 0. The van der Waals surface area contributed by atoms with Crippen LogP contribution in [0.3, 0.4) is 0 Å². The van der Waals surface area contributed by atoms with Gasteiger partial charge in [0.05, 0.1) is 0 Å². The van der Waals surface area contributed by atoms with Crippen LogP contribution in [0.5, 0.6) is 0 Å². The molecule has 0 bridgehead atoms. The summed E-state index contributed by atoms with van der Waals surface area (Å²) in [6, 6.07) is 36.0. The summed E-state index contributed by atoms with van der Waals surface area (Å²) < 4.78 is 0. The first kappa shape index (κ1) is 27.4. The zero-order chi connectivity index (χ0) is 27.4. The maximum atomic E-state index is 2.40. The summed E-state index contributed by atoms with van der Waals surface area (Å²) in [6.07, 6.45) is 1.25. The number of hydrogen-bond donors (Lipinski definition) is 0. The standard InChI is InChI=1S/C31H22.C3H8.2C2H6/c1-31(2)27-16-15-21-17-19-9-3-4-10-20(19)18-26(21)28(27)29-24-13-7-5-11-22(24)23-12-6-8-14-25(23)30(29)31;1-3-2;2*1-2/h3-18H,1-2H3;3H2,1-2H3;2*1-2H3. The first-order valence-corrected chi connectivity index (χ1v) is 14.5. The van der Waals surface area contributed by atoms with E-state index in [0.717, 1.165) is 0 Å². The fourth-order valence-electron chi connectivity index (χ4n) is 5.99. The van der Waals surface area contributed by atoms with Crippen molar-refractivity contribution < 1.29 is 0 Å². The number of hydrogen-bond acceptors (Lipinski definition) is 0. The monoisotopic (exact) mass is 498 g/mol. The first-order chi connectivity index (χ1) is 18.6. The maximum Gasteiger partial charge on any atom is 0.0165 e. The van der Waals surface area contributed by atoms with E-state index in [-0.39, 0.29) is 5.41 Å². The average molecular weight is 499 g/mol. The lowest BCUT2D eigenvalue weighted by Crippen LogP contribution is -2.15. The molecule has 194 valence electrons. The van der Waals surface area contributed by atoms with E-state index in [1.54, 1.807) is 0 Å². The van der Waals surface area contributed by atoms with Crippen molar-refractivity contribution in [3.05, 3.63) is 108 Å². The van der Waals surface area contributed by atoms with E-state index in [0.29, 0.717) is 0 Å². The Hall–Kier alpha value is -3.64. The zero-order valence-electron chi connectivity index (χ0n) is 24.4. The quantitative estimate of drug-likeness (QED) is 0.144. The van der Waals surface area contributed by atoms with Crippen molar-refractivity contribution in [3.63, 3.8) is 0 Å². The highest BCUT2D eigenvalue weighted by Gasteiger charge is 2.39. The minimum Gasteiger partial charge on any atom is -0.0683 e. The van der Waals surface area contributed by atoms with Crippen molar-refractivity contribution in [1.82, 2.24) is 0 Å². The highest BCUT2D eigenvalue weighted by Crippen LogP contribution is 2.56. The molecule has 0 spiro atoms. The second kappa shape index (κ2) is 11.4. The molecule has 0 aliphatic heterocycles. The van der Waals surface area contributed by atoms with Gasteiger partial charge in [0.2, 0.25) is 0 Å². The SMILES string of the molecule is CC.CC.CC1(C)c2ccc3cc4ccccc4cc3c2-c2c1c1ccccc1c1ccccc21.CCC. The van der Waals surface area contributed by atoms with Gasteiger partial charge in [-0.15, -0.1) is 0 Å². The largest absolute Gasteiger partial charge is 0.0683 e. The second-order valence-corrected chi connectivity index (χ2v) is 10.1. The van der Waals surface area contributed by atoms with Crippen molar-refractivity contribution in [1.29, 1.82) is 0 Å². The average Bonchev–Trinajstić information content (AvgIpc) is 3.22. The molecule has 0 unspecified atom stereocenters. The Morgan fingerprint density at radius 3 is 1.55 bits per heavy atom. The summed E-state index contributed by atoms with van der Waals surface area (Å²) in [5.41, 5.74) is 5.71. The molecule has 0 heterocycles. The molecule has 7 rings (SSSR count). The molecular formula is C38H42. The minimum absolute atomic E-state index is 0.0475. The predicted molar refractivity (Wildman–Crippen MR) is 173 cm³/mol.